The molecule has 1 saturated heterocycles. The van der Waals surface area contributed by atoms with Crippen molar-refractivity contribution in [2.45, 2.75) is 25.9 Å². The van der Waals surface area contributed by atoms with Crippen molar-refractivity contribution in [1.82, 2.24) is 5.32 Å². The zero-order chi connectivity index (χ0) is 18.4. The van der Waals surface area contributed by atoms with Gasteiger partial charge in [-0.1, -0.05) is 42.5 Å². The Morgan fingerprint density at radius 1 is 1.19 bits per heavy atom. The van der Waals surface area contributed by atoms with E-state index in [2.05, 4.69) is 5.32 Å². The summed E-state index contributed by atoms with van der Waals surface area (Å²) >= 11 is 0. The van der Waals surface area contributed by atoms with Crippen LogP contribution in [0.2, 0.25) is 0 Å². The van der Waals surface area contributed by atoms with Crippen LogP contribution in [0.3, 0.4) is 0 Å². The minimum Gasteiger partial charge on any atom is -0.365 e. The van der Waals surface area contributed by atoms with Gasteiger partial charge in [0.1, 0.15) is 6.61 Å². The molecule has 0 bridgehead atoms. The Morgan fingerprint density at radius 3 is 2.77 bits per heavy atom. The van der Waals surface area contributed by atoms with E-state index in [1.165, 1.54) is 0 Å². The van der Waals surface area contributed by atoms with Gasteiger partial charge in [0.25, 0.3) is 5.91 Å². The molecule has 1 N–H and O–H groups in total. The van der Waals surface area contributed by atoms with Crippen LogP contribution in [0, 0.1) is 6.92 Å². The van der Waals surface area contributed by atoms with Crippen molar-refractivity contribution in [1.29, 1.82) is 0 Å². The summed E-state index contributed by atoms with van der Waals surface area (Å²) in [6, 6.07) is 17.8. The molecule has 5 heteroatoms. The number of aryl methyl sites for hydroxylation is 2. The summed E-state index contributed by atoms with van der Waals surface area (Å²) in [5.41, 5.74) is 3.12. The molecule has 2 aromatic carbocycles. The zero-order valence-corrected chi connectivity index (χ0v) is 15.0. The van der Waals surface area contributed by atoms with E-state index in [1.807, 2.05) is 61.5 Å². The maximum Gasteiger partial charge on any atom is 0.253 e. The lowest BCUT2D eigenvalue weighted by atomic mass is 10.1. The van der Waals surface area contributed by atoms with E-state index in [1.54, 1.807) is 4.90 Å². The van der Waals surface area contributed by atoms with Crippen LogP contribution in [-0.4, -0.2) is 37.6 Å². The van der Waals surface area contributed by atoms with E-state index in [0.717, 1.165) is 16.8 Å². The Labute approximate surface area is 154 Å². The highest BCUT2D eigenvalue weighted by atomic mass is 16.5. The summed E-state index contributed by atoms with van der Waals surface area (Å²) in [6.07, 6.45) is 0.956. The van der Waals surface area contributed by atoms with Crippen LogP contribution in [-0.2, 0) is 20.7 Å². The number of hydrogen-bond acceptors (Lipinski definition) is 3. The van der Waals surface area contributed by atoms with Gasteiger partial charge in [0, 0.05) is 18.7 Å². The van der Waals surface area contributed by atoms with Gasteiger partial charge in [0.15, 0.2) is 0 Å². The smallest absolute Gasteiger partial charge is 0.253 e. The average molecular weight is 352 g/mol. The SMILES string of the molecule is Cc1cccc(N2CC(CNC(=O)CCc3ccccc3)OCC2=O)c1. The largest absolute Gasteiger partial charge is 0.365 e. The first-order valence-corrected chi connectivity index (χ1v) is 8.91. The Balaban J connectivity index is 1.49. The van der Waals surface area contributed by atoms with Crippen LogP contribution < -0.4 is 10.2 Å². The topological polar surface area (TPSA) is 58.6 Å². The minimum absolute atomic E-state index is 0.00328. The molecule has 1 aliphatic rings. The summed E-state index contributed by atoms with van der Waals surface area (Å²) in [6.45, 7) is 2.89. The van der Waals surface area contributed by atoms with Crippen molar-refractivity contribution in [3.63, 3.8) is 0 Å². The van der Waals surface area contributed by atoms with Crippen molar-refractivity contribution in [2.75, 3.05) is 24.6 Å². The fourth-order valence-corrected chi connectivity index (χ4v) is 3.01. The van der Waals surface area contributed by atoms with Crippen LogP contribution in [0.5, 0.6) is 0 Å². The van der Waals surface area contributed by atoms with Crippen molar-refractivity contribution in [3.8, 4) is 0 Å². The maximum atomic E-state index is 12.2. The van der Waals surface area contributed by atoms with Crippen LogP contribution in [0.25, 0.3) is 0 Å². The second-order valence-electron chi connectivity index (χ2n) is 6.57. The molecule has 0 spiro atoms. The number of hydrogen-bond donors (Lipinski definition) is 1. The Kier molecular flexibility index (Phi) is 6.02. The van der Waals surface area contributed by atoms with Crippen molar-refractivity contribution in [3.05, 3.63) is 65.7 Å². The molecule has 0 aromatic heterocycles. The van der Waals surface area contributed by atoms with Crippen LogP contribution in [0.4, 0.5) is 5.69 Å². The Bertz CT molecular complexity index is 761. The number of benzene rings is 2. The number of carbonyl (C=O) groups excluding carboxylic acids is 2. The molecule has 0 aliphatic carbocycles. The van der Waals surface area contributed by atoms with Gasteiger partial charge in [0.2, 0.25) is 5.91 Å². The number of nitrogens with one attached hydrogen (secondary N) is 1. The molecule has 5 nitrogen and oxygen atoms in total. The Hall–Kier alpha value is -2.66. The third-order valence-corrected chi connectivity index (χ3v) is 4.45. The van der Waals surface area contributed by atoms with Crippen molar-refractivity contribution < 1.29 is 14.3 Å². The van der Waals surface area contributed by atoms with Gasteiger partial charge in [0.05, 0.1) is 12.6 Å². The second kappa shape index (κ2) is 8.63. The number of nitrogens with zero attached hydrogens (tertiary/aromatic N) is 1. The Morgan fingerprint density at radius 2 is 2.00 bits per heavy atom. The molecule has 2 amide bonds. The highest BCUT2D eigenvalue weighted by Gasteiger charge is 2.27. The van der Waals surface area contributed by atoms with E-state index in [4.69, 9.17) is 4.74 Å². The molecule has 1 aliphatic heterocycles. The fourth-order valence-electron chi connectivity index (χ4n) is 3.01. The lowest BCUT2D eigenvalue weighted by Crippen LogP contribution is -2.50. The summed E-state index contributed by atoms with van der Waals surface area (Å²) in [4.78, 5) is 26.0. The number of rotatable bonds is 6. The van der Waals surface area contributed by atoms with Crippen LogP contribution >= 0.6 is 0 Å². The third kappa shape index (κ3) is 4.92. The second-order valence-corrected chi connectivity index (χ2v) is 6.57. The molecule has 3 rings (SSSR count). The number of morpholine rings is 1. The normalized spacial score (nSPS) is 17.2. The van der Waals surface area contributed by atoms with Gasteiger partial charge in [-0.3, -0.25) is 9.59 Å². The summed E-state index contributed by atoms with van der Waals surface area (Å²) in [7, 11) is 0. The molecular weight excluding hydrogens is 328 g/mol. The predicted molar refractivity (Wildman–Crippen MR) is 101 cm³/mol. The van der Waals surface area contributed by atoms with E-state index >= 15 is 0 Å². The molecule has 0 radical (unpaired) electrons. The van der Waals surface area contributed by atoms with Gasteiger partial charge >= 0.3 is 0 Å². The van der Waals surface area contributed by atoms with Gasteiger partial charge < -0.3 is 15.0 Å². The van der Waals surface area contributed by atoms with E-state index in [9.17, 15) is 9.59 Å². The van der Waals surface area contributed by atoms with E-state index in [0.29, 0.717) is 25.9 Å². The molecular formula is C21H24N2O3. The fraction of sp³-hybridized carbons (Fsp3) is 0.333. The lowest BCUT2D eigenvalue weighted by Gasteiger charge is -2.33. The van der Waals surface area contributed by atoms with Crippen LogP contribution in [0.15, 0.2) is 54.6 Å². The molecule has 136 valence electrons. The molecule has 1 atom stereocenters. The molecule has 1 unspecified atom stereocenters. The summed E-state index contributed by atoms with van der Waals surface area (Å²) in [5, 5.41) is 2.92. The monoisotopic (exact) mass is 352 g/mol. The number of carbonyl (C=O) groups is 2. The highest BCUT2D eigenvalue weighted by Crippen LogP contribution is 2.19. The van der Waals surface area contributed by atoms with Gasteiger partial charge in [-0.05, 0) is 36.6 Å². The molecule has 1 heterocycles. The van der Waals surface area contributed by atoms with Gasteiger partial charge in [-0.2, -0.15) is 0 Å². The summed E-state index contributed by atoms with van der Waals surface area (Å²) < 4.78 is 5.58. The van der Waals surface area contributed by atoms with Gasteiger partial charge in [-0.15, -0.1) is 0 Å². The number of anilines is 1. The van der Waals surface area contributed by atoms with Gasteiger partial charge in [-0.25, -0.2) is 0 Å². The molecule has 26 heavy (non-hydrogen) atoms. The number of ether oxygens (including phenoxy) is 1. The average Bonchev–Trinajstić information content (AvgIpc) is 2.66. The van der Waals surface area contributed by atoms with Crippen molar-refractivity contribution in [2.24, 2.45) is 0 Å². The predicted octanol–water partition coefficient (Wildman–Crippen LogP) is 2.48. The number of amides is 2. The molecule has 0 saturated carbocycles. The first kappa shape index (κ1) is 18.1. The third-order valence-electron chi connectivity index (χ3n) is 4.45. The van der Waals surface area contributed by atoms with E-state index < -0.39 is 0 Å². The highest BCUT2D eigenvalue weighted by molar-refractivity contribution is 5.95. The van der Waals surface area contributed by atoms with E-state index in [-0.39, 0.29) is 24.5 Å². The quantitative estimate of drug-likeness (QED) is 0.869. The standard InChI is InChI=1S/C21H24N2O3/c1-16-6-5-9-18(12-16)23-14-19(26-15-21(23)25)13-22-20(24)11-10-17-7-3-2-4-8-17/h2-9,12,19H,10-11,13-15H2,1H3,(H,22,24). The molecule has 1 fully saturated rings. The summed E-state index contributed by atoms with van der Waals surface area (Å²) in [5.74, 6) is -0.0567. The zero-order valence-electron chi connectivity index (χ0n) is 15.0. The van der Waals surface area contributed by atoms with Crippen molar-refractivity contribution >= 4 is 17.5 Å². The lowest BCUT2D eigenvalue weighted by molar-refractivity contribution is -0.129. The first-order chi connectivity index (χ1) is 12.6. The minimum atomic E-state index is -0.200. The van der Waals surface area contributed by atoms with Crippen LogP contribution in [0.1, 0.15) is 17.5 Å². The first-order valence-electron chi connectivity index (χ1n) is 8.91. The maximum absolute atomic E-state index is 12.2. The molecule has 2 aromatic rings.